The van der Waals surface area contributed by atoms with Crippen molar-refractivity contribution < 1.29 is 24.5 Å². The first kappa shape index (κ1) is 25.5. The number of carbonyl (C=O) groups excluding carboxylic acids is 2. The lowest BCUT2D eigenvalue weighted by Gasteiger charge is -2.15. The molecule has 0 aliphatic heterocycles. The topological polar surface area (TPSA) is 156 Å². The van der Waals surface area contributed by atoms with Gasteiger partial charge in [-0.2, -0.15) is 0 Å². The number of benzene rings is 3. The molecule has 0 bridgehead atoms. The molecule has 3 aromatic rings. The highest BCUT2D eigenvalue weighted by Gasteiger charge is 2.16. The number of ether oxygens (including phenoxy) is 1. The molecule has 0 radical (unpaired) electrons. The third kappa shape index (κ3) is 6.70. The number of anilines is 3. The summed E-state index contributed by atoms with van der Waals surface area (Å²) in [4.78, 5) is 24.9. The van der Waals surface area contributed by atoms with Gasteiger partial charge in [-0.05, 0) is 48.0 Å². The Morgan fingerprint density at radius 1 is 0.943 bits per heavy atom. The van der Waals surface area contributed by atoms with Crippen molar-refractivity contribution >= 4 is 46.6 Å². The Kier molecular flexibility index (Phi) is 8.63. The monoisotopic (exact) mass is 497 g/mol. The molecule has 7 N–H and O–H groups in total. The van der Waals surface area contributed by atoms with Crippen molar-refractivity contribution in [3.63, 3.8) is 0 Å². The van der Waals surface area contributed by atoms with E-state index in [1.807, 2.05) is 6.07 Å². The van der Waals surface area contributed by atoms with Crippen molar-refractivity contribution in [3.05, 3.63) is 82.4 Å². The fraction of sp³-hybridized carbons (Fsp3) is 0.125. The van der Waals surface area contributed by atoms with Crippen LogP contribution in [0.3, 0.4) is 0 Å². The number of methoxy groups -OCH3 is 1. The largest absolute Gasteiger partial charge is 0.496 e. The molecule has 0 spiro atoms. The first-order valence-corrected chi connectivity index (χ1v) is 10.7. The van der Waals surface area contributed by atoms with Crippen LogP contribution in [-0.4, -0.2) is 35.2 Å². The molecule has 0 saturated carbocycles. The van der Waals surface area contributed by atoms with Crippen LogP contribution >= 0.6 is 11.6 Å². The van der Waals surface area contributed by atoms with Gasteiger partial charge in [-0.3, -0.25) is 15.5 Å². The minimum absolute atomic E-state index is 0.130. The van der Waals surface area contributed by atoms with Crippen molar-refractivity contribution in [3.8, 4) is 5.75 Å². The summed E-state index contributed by atoms with van der Waals surface area (Å²) in [6.07, 6.45) is 0. The van der Waals surface area contributed by atoms with E-state index in [1.165, 1.54) is 31.4 Å². The molecular formula is C24H24ClN5O5. The first-order valence-electron chi connectivity index (χ1n) is 10.4. The van der Waals surface area contributed by atoms with Gasteiger partial charge >= 0.3 is 6.03 Å². The van der Waals surface area contributed by atoms with E-state index in [0.29, 0.717) is 28.2 Å². The molecule has 0 aromatic heterocycles. The molecule has 0 fully saturated rings. The highest BCUT2D eigenvalue weighted by Crippen LogP contribution is 2.27. The smallest absolute Gasteiger partial charge is 0.323 e. The number of carbonyl (C=O) groups is 2. The van der Waals surface area contributed by atoms with Gasteiger partial charge in [0.05, 0.1) is 31.0 Å². The molecule has 0 aliphatic carbocycles. The molecule has 0 saturated heterocycles. The molecule has 0 aliphatic rings. The fourth-order valence-corrected chi connectivity index (χ4v) is 3.37. The Bertz CT molecular complexity index is 1210. The van der Waals surface area contributed by atoms with Gasteiger partial charge in [0.15, 0.2) is 5.96 Å². The lowest BCUT2D eigenvalue weighted by atomic mass is 10.0. The summed E-state index contributed by atoms with van der Waals surface area (Å²) < 4.78 is 5.19. The molecule has 3 rings (SSSR count). The lowest BCUT2D eigenvalue weighted by molar-refractivity contribution is 0.0976. The van der Waals surface area contributed by atoms with Crippen LogP contribution in [0.5, 0.6) is 5.75 Å². The zero-order valence-electron chi connectivity index (χ0n) is 18.7. The molecule has 0 atom stereocenters. The highest BCUT2D eigenvalue weighted by molar-refractivity contribution is 6.34. The van der Waals surface area contributed by atoms with Gasteiger partial charge in [0, 0.05) is 22.5 Å². The predicted octanol–water partition coefficient (Wildman–Crippen LogP) is 3.75. The zero-order chi connectivity index (χ0) is 25.4. The fourth-order valence-electron chi connectivity index (χ4n) is 3.20. The van der Waals surface area contributed by atoms with Crippen LogP contribution < -0.4 is 26.0 Å². The number of aliphatic hydroxyl groups excluding tert-OH is 2. The second kappa shape index (κ2) is 11.8. The number of nitrogens with one attached hydrogen (secondary N) is 5. The predicted molar refractivity (Wildman–Crippen MR) is 134 cm³/mol. The molecule has 182 valence electrons. The van der Waals surface area contributed by atoms with Gasteiger partial charge in [0.2, 0.25) is 0 Å². The molecule has 11 heteroatoms. The van der Waals surface area contributed by atoms with Gasteiger partial charge in [-0.25, -0.2) is 4.79 Å². The third-order valence-electron chi connectivity index (χ3n) is 4.87. The lowest BCUT2D eigenvalue weighted by Crippen LogP contribution is -2.35. The van der Waals surface area contributed by atoms with E-state index in [0.717, 1.165) is 0 Å². The van der Waals surface area contributed by atoms with E-state index in [4.69, 9.17) is 21.7 Å². The summed E-state index contributed by atoms with van der Waals surface area (Å²) in [7, 11) is 1.38. The maximum absolute atomic E-state index is 12.6. The number of rotatable bonds is 7. The number of halogens is 1. The number of urea groups is 1. The second-order valence-electron chi connectivity index (χ2n) is 7.23. The van der Waals surface area contributed by atoms with E-state index in [1.54, 1.807) is 30.3 Å². The standard InChI is InChI=1S/C24H24ClN5O5/c1-35-21-10-14(9-15(12-31)18(21)13-32)22(33)30-23(26)27-17-7-8-19(25)20(11-17)29-24(34)28-16-5-3-2-4-6-16/h2-11,31-32H,12-13H2,1H3,(H2,28,29,34)(H3,26,27,30,33). The molecule has 35 heavy (non-hydrogen) atoms. The summed E-state index contributed by atoms with van der Waals surface area (Å²) in [5, 5.41) is 37.8. The Hall–Kier alpha value is -4.12. The molecular weight excluding hydrogens is 474 g/mol. The number of hydrogen-bond donors (Lipinski definition) is 7. The highest BCUT2D eigenvalue weighted by atomic mass is 35.5. The van der Waals surface area contributed by atoms with Crippen molar-refractivity contribution in [1.29, 1.82) is 5.41 Å². The van der Waals surface area contributed by atoms with Gasteiger partial charge < -0.3 is 30.9 Å². The summed E-state index contributed by atoms with van der Waals surface area (Å²) in [5.41, 5.74) is 2.12. The number of hydrogen-bond acceptors (Lipinski definition) is 6. The van der Waals surface area contributed by atoms with Crippen LogP contribution in [0.4, 0.5) is 21.9 Å². The molecule has 0 unspecified atom stereocenters. The SMILES string of the molecule is COc1cc(C(=O)NC(=N)Nc2ccc(Cl)c(NC(=O)Nc3ccccc3)c2)cc(CO)c1CO. The number of guanidine groups is 1. The van der Waals surface area contributed by atoms with Gasteiger partial charge in [-0.1, -0.05) is 29.8 Å². The van der Waals surface area contributed by atoms with Gasteiger partial charge in [-0.15, -0.1) is 0 Å². The molecule has 10 nitrogen and oxygen atoms in total. The van der Waals surface area contributed by atoms with Crippen LogP contribution in [0.25, 0.3) is 0 Å². The Balaban J connectivity index is 1.67. The quantitative estimate of drug-likeness (QED) is 0.195. The Morgan fingerprint density at radius 2 is 1.69 bits per heavy atom. The van der Waals surface area contributed by atoms with E-state index in [9.17, 15) is 19.8 Å². The minimum atomic E-state index is -0.630. The maximum Gasteiger partial charge on any atom is 0.323 e. The normalized spacial score (nSPS) is 10.3. The van der Waals surface area contributed by atoms with Gasteiger partial charge in [0.1, 0.15) is 5.75 Å². The average Bonchev–Trinajstić information content (AvgIpc) is 2.85. The second-order valence-corrected chi connectivity index (χ2v) is 7.63. The third-order valence-corrected chi connectivity index (χ3v) is 5.20. The van der Waals surface area contributed by atoms with Crippen LogP contribution in [0.15, 0.2) is 60.7 Å². The first-order chi connectivity index (χ1) is 16.8. The van der Waals surface area contributed by atoms with Crippen molar-refractivity contribution in [1.82, 2.24) is 5.32 Å². The van der Waals surface area contributed by atoms with Crippen molar-refractivity contribution in [2.24, 2.45) is 0 Å². The molecule has 3 amide bonds. The van der Waals surface area contributed by atoms with Crippen LogP contribution in [0.1, 0.15) is 21.5 Å². The molecule has 0 heterocycles. The summed E-state index contributed by atoms with van der Waals surface area (Å²) >= 11 is 6.18. The van der Waals surface area contributed by atoms with Crippen molar-refractivity contribution in [2.45, 2.75) is 13.2 Å². The Morgan fingerprint density at radius 3 is 2.34 bits per heavy atom. The number of para-hydroxylation sites is 1. The maximum atomic E-state index is 12.6. The Labute approximate surface area is 206 Å². The number of aliphatic hydroxyl groups is 2. The zero-order valence-corrected chi connectivity index (χ0v) is 19.4. The van der Waals surface area contributed by atoms with Gasteiger partial charge in [0.25, 0.3) is 5.91 Å². The van der Waals surface area contributed by atoms with E-state index in [2.05, 4.69) is 21.3 Å². The van der Waals surface area contributed by atoms with E-state index < -0.39 is 18.5 Å². The summed E-state index contributed by atoms with van der Waals surface area (Å²) in [6.45, 7) is -0.768. The molecule has 3 aromatic carbocycles. The van der Waals surface area contributed by atoms with Crippen LogP contribution in [0, 0.1) is 5.41 Å². The van der Waals surface area contributed by atoms with E-state index in [-0.39, 0.29) is 28.9 Å². The average molecular weight is 498 g/mol. The summed E-state index contributed by atoms with van der Waals surface area (Å²) in [6, 6.07) is 15.8. The summed E-state index contributed by atoms with van der Waals surface area (Å²) in [5.74, 6) is -0.729. The minimum Gasteiger partial charge on any atom is -0.496 e. The number of amides is 3. The van der Waals surface area contributed by atoms with Crippen molar-refractivity contribution in [2.75, 3.05) is 23.1 Å². The van der Waals surface area contributed by atoms with Crippen LogP contribution in [0.2, 0.25) is 5.02 Å². The van der Waals surface area contributed by atoms with E-state index >= 15 is 0 Å². The van der Waals surface area contributed by atoms with Crippen LogP contribution in [-0.2, 0) is 13.2 Å².